The number of ether oxygens (including phenoxy) is 1. The van der Waals surface area contributed by atoms with E-state index in [2.05, 4.69) is 15.4 Å². The minimum Gasteiger partial charge on any atom is -0.497 e. The van der Waals surface area contributed by atoms with Crippen molar-refractivity contribution in [2.75, 3.05) is 12.4 Å². The molecule has 1 aromatic heterocycles. The summed E-state index contributed by atoms with van der Waals surface area (Å²) in [7, 11) is 1.58. The number of carbonyl (C=O) groups excluding carboxylic acids is 1. The number of fused-ring (bicyclic) bond motifs is 1. The van der Waals surface area contributed by atoms with Gasteiger partial charge in [0.25, 0.3) is 0 Å². The number of methoxy groups -OCH3 is 1. The van der Waals surface area contributed by atoms with Gasteiger partial charge in [0, 0.05) is 16.6 Å². The molecule has 0 bridgehead atoms. The van der Waals surface area contributed by atoms with Crippen LogP contribution in [0.15, 0.2) is 77.7 Å². The molecule has 0 aliphatic rings. The lowest BCUT2D eigenvalue weighted by atomic mass is 10.1. The molecule has 4 rings (SSSR count). The first-order valence-electron chi connectivity index (χ1n) is 9.46. The first-order chi connectivity index (χ1) is 14.6. The zero-order valence-electron chi connectivity index (χ0n) is 16.6. The second-order valence-corrected chi connectivity index (χ2v) is 6.79. The van der Waals surface area contributed by atoms with E-state index in [1.165, 1.54) is 6.20 Å². The van der Waals surface area contributed by atoms with Gasteiger partial charge in [-0.3, -0.25) is 4.79 Å². The first-order valence-corrected chi connectivity index (χ1v) is 9.46. The van der Waals surface area contributed by atoms with Crippen LogP contribution in [0.2, 0.25) is 0 Å². The Hall–Kier alpha value is -4.00. The monoisotopic (exact) mass is 400 g/mol. The molecule has 0 saturated carbocycles. The molecule has 1 amide bonds. The van der Waals surface area contributed by atoms with Crippen LogP contribution in [0.3, 0.4) is 0 Å². The Balaban J connectivity index is 1.57. The quantitative estimate of drug-likeness (QED) is 0.552. The Morgan fingerprint density at radius 1 is 1.03 bits per heavy atom. The maximum Gasteiger partial charge on any atom is 0.365 e. The highest BCUT2D eigenvalue weighted by Crippen LogP contribution is 2.24. The van der Waals surface area contributed by atoms with Gasteiger partial charge < -0.3 is 10.1 Å². The zero-order valence-corrected chi connectivity index (χ0v) is 16.6. The van der Waals surface area contributed by atoms with E-state index in [1.54, 1.807) is 38.3 Å². The minimum absolute atomic E-state index is 0.347. The molecule has 0 fully saturated rings. The van der Waals surface area contributed by atoms with Gasteiger partial charge in [-0.1, -0.05) is 36.4 Å². The van der Waals surface area contributed by atoms with Crippen LogP contribution in [0.5, 0.6) is 5.75 Å². The fourth-order valence-corrected chi connectivity index (χ4v) is 3.20. The molecule has 1 heterocycles. The highest BCUT2D eigenvalue weighted by molar-refractivity contribution is 6.03. The van der Waals surface area contributed by atoms with Crippen molar-refractivity contribution < 1.29 is 9.53 Å². The summed E-state index contributed by atoms with van der Waals surface area (Å²) in [6, 6.07) is 19.8. The normalized spacial score (nSPS) is 11.8. The average molecular weight is 400 g/mol. The molecule has 1 N–H and O–H groups in total. The van der Waals surface area contributed by atoms with Gasteiger partial charge in [-0.05, 0) is 42.6 Å². The Labute approximate surface area is 173 Å². The molecule has 0 saturated heterocycles. The number of nitrogens with one attached hydrogen (secondary N) is 1. The van der Waals surface area contributed by atoms with Crippen LogP contribution in [0.25, 0.3) is 22.0 Å². The molecule has 0 aliphatic carbocycles. The fourth-order valence-electron chi connectivity index (χ4n) is 3.20. The van der Waals surface area contributed by atoms with Crippen LogP contribution in [-0.4, -0.2) is 27.8 Å². The topological polar surface area (TPSA) is 86.1 Å². The van der Waals surface area contributed by atoms with Gasteiger partial charge in [0.1, 0.15) is 11.8 Å². The summed E-state index contributed by atoms with van der Waals surface area (Å²) in [5.41, 5.74) is 1.26. The number of nitrogens with zero attached hydrogens (tertiary/aromatic N) is 3. The number of hydrogen-bond acceptors (Lipinski definition) is 5. The van der Waals surface area contributed by atoms with Gasteiger partial charge in [0.15, 0.2) is 0 Å². The molecule has 7 heteroatoms. The van der Waals surface area contributed by atoms with Gasteiger partial charge in [0.05, 0.1) is 19.0 Å². The van der Waals surface area contributed by atoms with E-state index in [0.717, 1.165) is 21.0 Å². The summed E-state index contributed by atoms with van der Waals surface area (Å²) >= 11 is 0. The molecule has 7 nitrogen and oxygen atoms in total. The second kappa shape index (κ2) is 8.16. The lowest BCUT2D eigenvalue weighted by molar-refractivity contribution is -0.119. The van der Waals surface area contributed by atoms with Crippen LogP contribution >= 0.6 is 0 Å². The summed E-state index contributed by atoms with van der Waals surface area (Å²) in [5, 5.41) is 9.00. The molecule has 0 unspecified atom stereocenters. The van der Waals surface area contributed by atoms with Gasteiger partial charge in [-0.2, -0.15) is 10.1 Å². The third kappa shape index (κ3) is 3.77. The maximum absolute atomic E-state index is 12.8. The number of anilines is 1. The first kappa shape index (κ1) is 19.3. The molecule has 0 aliphatic heterocycles. The summed E-state index contributed by atoms with van der Waals surface area (Å²) in [6.45, 7) is 1.61. The molecule has 30 heavy (non-hydrogen) atoms. The van der Waals surface area contributed by atoms with Crippen molar-refractivity contribution in [3.8, 4) is 17.0 Å². The molecule has 0 radical (unpaired) electrons. The third-order valence-electron chi connectivity index (χ3n) is 4.90. The largest absolute Gasteiger partial charge is 0.497 e. The molecule has 1 atom stereocenters. The van der Waals surface area contributed by atoms with Gasteiger partial charge in [-0.25, -0.2) is 9.48 Å². The fraction of sp³-hybridized carbons (Fsp3) is 0.130. The van der Waals surface area contributed by atoms with E-state index in [0.29, 0.717) is 17.1 Å². The number of amides is 1. The molecule has 3 aromatic carbocycles. The number of benzene rings is 3. The average Bonchev–Trinajstić information content (AvgIpc) is 2.79. The number of aromatic nitrogens is 3. The van der Waals surface area contributed by atoms with E-state index in [4.69, 9.17) is 4.74 Å². The maximum atomic E-state index is 12.8. The van der Waals surface area contributed by atoms with Crippen molar-refractivity contribution in [2.24, 2.45) is 0 Å². The van der Waals surface area contributed by atoms with Crippen LogP contribution < -0.4 is 15.7 Å². The van der Waals surface area contributed by atoms with Gasteiger partial charge in [-0.15, -0.1) is 0 Å². The summed E-state index contributed by atoms with van der Waals surface area (Å²) in [5.74, 6) is 0.360. The molecule has 150 valence electrons. The van der Waals surface area contributed by atoms with Crippen molar-refractivity contribution in [2.45, 2.75) is 13.0 Å². The molecular formula is C23H20N4O3. The Morgan fingerprint density at radius 2 is 1.77 bits per heavy atom. The SMILES string of the molecule is COc1ccc(-c2cnn([C@@H](C)C(=O)Nc3cccc4ccccc34)c(=O)n2)cc1. The van der Waals surface area contributed by atoms with Crippen LogP contribution in [0.1, 0.15) is 13.0 Å². The highest BCUT2D eigenvalue weighted by atomic mass is 16.5. The van der Waals surface area contributed by atoms with Crippen LogP contribution in [0, 0.1) is 0 Å². The predicted molar refractivity (Wildman–Crippen MR) is 116 cm³/mol. The van der Waals surface area contributed by atoms with E-state index in [9.17, 15) is 9.59 Å². The Bertz CT molecular complexity index is 1260. The highest BCUT2D eigenvalue weighted by Gasteiger charge is 2.19. The molecule has 4 aromatic rings. The van der Waals surface area contributed by atoms with Crippen molar-refractivity contribution in [3.05, 3.63) is 83.4 Å². The lowest BCUT2D eigenvalue weighted by Crippen LogP contribution is -2.34. The zero-order chi connectivity index (χ0) is 21.1. The van der Waals surface area contributed by atoms with Crippen LogP contribution in [0.4, 0.5) is 5.69 Å². The summed E-state index contributed by atoms with van der Waals surface area (Å²) in [6.07, 6.45) is 1.48. The molecular weight excluding hydrogens is 380 g/mol. The number of rotatable bonds is 5. The summed E-state index contributed by atoms with van der Waals surface area (Å²) < 4.78 is 6.21. The minimum atomic E-state index is -0.825. The van der Waals surface area contributed by atoms with E-state index in [1.807, 2.05) is 42.5 Å². The lowest BCUT2D eigenvalue weighted by Gasteiger charge is -2.15. The van der Waals surface area contributed by atoms with Crippen molar-refractivity contribution >= 4 is 22.4 Å². The van der Waals surface area contributed by atoms with E-state index in [-0.39, 0.29) is 5.91 Å². The Kier molecular flexibility index (Phi) is 5.26. The summed E-state index contributed by atoms with van der Waals surface area (Å²) in [4.78, 5) is 29.4. The van der Waals surface area contributed by atoms with Crippen molar-refractivity contribution in [1.29, 1.82) is 0 Å². The predicted octanol–water partition coefficient (Wildman–Crippen LogP) is 3.67. The van der Waals surface area contributed by atoms with E-state index >= 15 is 0 Å². The van der Waals surface area contributed by atoms with Crippen molar-refractivity contribution in [3.63, 3.8) is 0 Å². The van der Waals surface area contributed by atoms with Crippen LogP contribution in [-0.2, 0) is 4.79 Å². The van der Waals surface area contributed by atoms with E-state index < -0.39 is 11.7 Å². The number of hydrogen-bond donors (Lipinski definition) is 1. The van der Waals surface area contributed by atoms with Gasteiger partial charge >= 0.3 is 5.69 Å². The number of carbonyl (C=O) groups is 1. The Morgan fingerprint density at radius 3 is 2.50 bits per heavy atom. The standard InChI is InChI=1S/C23H20N4O3/c1-15(22(28)25-20-9-5-7-16-6-3-4-8-19(16)20)27-23(29)26-21(14-24-27)17-10-12-18(30-2)13-11-17/h3-15H,1-2H3,(H,25,28)/t15-/m0/s1. The van der Waals surface area contributed by atoms with Crippen molar-refractivity contribution in [1.82, 2.24) is 14.8 Å². The van der Waals surface area contributed by atoms with Gasteiger partial charge in [0.2, 0.25) is 5.91 Å². The second-order valence-electron chi connectivity index (χ2n) is 6.79. The molecule has 0 spiro atoms. The smallest absolute Gasteiger partial charge is 0.365 e. The third-order valence-corrected chi connectivity index (χ3v) is 4.90.